The smallest absolute Gasteiger partial charge is 0.0731 e. The number of nitrogens with two attached hydrogens (primary N) is 1. The first-order valence-electron chi connectivity index (χ1n) is 5.19. The van der Waals surface area contributed by atoms with Crippen LogP contribution in [0, 0.1) is 6.92 Å². The fourth-order valence-electron chi connectivity index (χ4n) is 1.57. The van der Waals surface area contributed by atoms with Gasteiger partial charge in [-0.1, -0.05) is 0 Å². The largest absolute Gasteiger partial charge is 0.323 e. The fourth-order valence-corrected chi connectivity index (χ4v) is 3.88. The molecule has 16 heavy (non-hydrogen) atoms. The van der Waals surface area contributed by atoms with E-state index in [1.54, 1.807) is 22.7 Å². The van der Waals surface area contributed by atoms with Gasteiger partial charge in [0.05, 0.1) is 3.79 Å². The Kier molecular flexibility index (Phi) is 4.19. The van der Waals surface area contributed by atoms with Crippen LogP contribution in [0.2, 0.25) is 0 Å². The molecular weight excluding hydrogens is 302 g/mol. The Hall–Kier alpha value is -0.160. The van der Waals surface area contributed by atoms with E-state index in [0.29, 0.717) is 0 Å². The molecule has 2 aromatic rings. The molecule has 2 N–H and O–H groups in total. The van der Waals surface area contributed by atoms with Gasteiger partial charge in [0.15, 0.2) is 0 Å². The molecule has 0 amide bonds. The van der Waals surface area contributed by atoms with E-state index in [0.717, 1.165) is 12.8 Å². The Bertz CT molecular complexity index is 428. The summed E-state index contributed by atoms with van der Waals surface area (Å²) in [5.74, 6) is 0. The lowest BCUT2D eigenvalue weighted by Crippen LogP contribution is -2.09. The SMILES string of the molecule is Cc1cc(C(N)CCc2ccsc2)sc1Br. The summed E-state index contributed by atoms with van der Waals surface area (Å²) < 4.78 is 1.20. The topological polar surface area (TPSA) is 26.0 Å². The Morgan fingerprint density at radius 1 is 1.50 bits per heavy atom. The highest BCUT2D eigenvalue weighted by molar-refractivity contribution is 9.11. The number of halogens is 1. The molecule has 2 aromatic heterocycles. The van der Waals surface area contributed by atoms with Crippen molar-refractivity contribution in [3.05, 3.63) is 42.7 Å². The van der Waals surface area contributed by atoms with Crippen molar-refractivity contribution in [1.29, 1.82) is 0 Å². The monoisotopic (exact) mass is 315 g/mol. The lowest BCUT2D eigenvalue weighted by atomic mass is 10.1. The number of aryl methyl sites for hydroxylation is 2. The third-order valence-corrected chi connectivity index (χ3v) is 5.57. The molecule has 86 valence electrons. The second-order valence-corrected chi connectivity index (χ2v) is 7.06. The van der Waals surface area contributed by atoms with Gasteiger partial charge >= 0.3 is 0 Å². The molecule has 0 saturated heterocycles. The maximum absolute atomic E-state index is 6.19. The average molecular weight is 316 g/mol. The average Bonchev–Trinajstić information content (AvgIpc) is 2.86. The number of thiophene rings is 2. The summed E-state index contributed by atoms with van der Waals surface area (Å²) in [6.07, 6.45) is 2.09. The number of hydrogen-bond donors (Lipinski definition) is 1. The first-order valence-corrected chi connectivity index (χ1v) is 7.74. The third-order valence-electron chi connectivity index (χ3n) is 2.57. The summed E-state index contributed by atoms with van der Waals surface area (Å²) >= 11 is 7.04. The van der Waals surface area contributed by atoms with Crippen LogP contribution in [0.3, 0.4) is 0 Å². The van der Waals surface area contributed by atoms with Crippen molar-refractivity contribution in [2.45, 2.75) is 25.8 Å². The van der Waals surface area contributed by atoms with E-state index >= 15 is 0 Å². The van der Waals surface area contributed by atoms with Crippen molar-refractivity contribution in [3.8, 4) is 0 Å². The molecule has 0 fully saturated rings. The molecule has 2 rings (SSSR count). The van der Waals surface area contributed by atoms with Gasteiger partial charge in [0, 0.05) is 10.9 Å². The standard InChI is InChI=1S/C12H14BrNS2/c1-8-6-11(16-12(8)13)10(14)3-2-9-4-5-15-7-9/h4-7,10H,2-3,14H2,1H3. The highest BCUT2D eigenvalue weighted by Gasteiger charge is 2.11. The van der Waals surface area contributed by atoms with Crippen LogP contribution in [0.25, 0.3) is 0 Å². The predicted octanol–water partition coefficient (Wildman–Crippen LogP) is 4.51. The molecule has 1 unspecified atom stereocenters. The van der Waals surface area contributed by atoms with Gasteiger partial charge in [0.25, 0.3) is 0 Å². The summed E-state index contributed by atoms with van der Waals surface area (Å²) in [6.45, 7) is 2.11. The second kappa shape index (κ2) is 5.45. The van der Waals surface area contributed by atoms with Crippen LogP contribution < -0.4 is 5.73 Å². The van der Waals surface area contributed by atoms with E-state index in [4.69, 9.17) is 5.73 Å². The minimum atomic E-state index is 0.162. The molecule has 0 aliphatic rings. The second-order valence-electron chi connectivity index (χ2n) is 3.88. The molecule has 2 heterocycles. The quantitative estimate of drug-likeness (QED) is 0.882. The van der Waals surface area contributed by atoms with Crippen LogP contribution >= 0.6 is 38.6 Å². The zero-order chi connectivity index (χ0) is 11.5. The summed E-state index contributed by atoms with van der Waals surface area (Å²) in [5.41, 5.74) is 8.87. The lowest BCUT2D eigenvalue weighted by Gasteiger charge is -2.08. The van der Waals surface area contributed by atoms with Crippen molar-refractivity contribution < 1.29 is 0 Å². The van der Waals surface area contributed by atoms with Crippen LogP contribution in [-0.4, -0.2) is 0 Å². The predicted molar refractivity (Wildman–Crippen MR) is 76.3 cm³/mol. The molecule has 0 aromatic carbocycles. The van der Waals surface area contributed by atoms with Crippen LogP contribution in [0.4, 0.5) is 0 Å². The van der Waals surface area contributed by atoms with E-state index in [2.05, 4.69) is 45.7 Å². The Labute approximate surface area is 112 Å². The maximum Gasteiger partial charge on any atom is 0.0731 e. The van der Waals surface area contributed by atoms with Crippen molar-refractivity contribution >= 4 is 38.6 Å². The van der Waals surface area contributed by atoms with Crippen LogP contribution in [0.1, 0.15) is 28.5 Å². The minimum absolute atomic E-state index is 0.162. The van der Waals surface area contributed by atoms with Gasteiger partial charge in [-0.15, -0.1) is 11.3 Å². The molecule has 1 nitrogen and oxygen atoms in total. The molecule has 1 atom stereocenters. The summed E-state index contributed by atoms with van der Waals surface area (Å²) in [4.78, 5) is 1.28. The van der Waals surface area contributed by atoms with Crippen molar-refractivity contribution in [2.75, 3.05) is 0 Å². The zero-order valence-corrected chi connectivity index (χ0v) is 12.3. The van der Waals surface area contributed by atoms with Crippen LogP contribution in [0.15, 0.2) is 26.7 Å². The van der Waals surface area contributed by atoms with Gasteiger partial charge in [0.1, 0.15) is 0 Å². The highest BCUT2D eigenvalue weighted by Crippen LogP contribution is 2.32. The molecule has 0 bridgehead atoms. The molecule has 0 saturated carbocycles. The molecular formula is C12H14BrNS2. The molecule has 0 aliphatic carbocycles. The Morgan fingerprint density at radius 3 is 2.88 bits per heavy atom. The number of rotatable bonds is 4. The van der Waals surface area contributed by atoms with Crippen molar-refractivity contribution in [2.24, 2.45) is 5.73 Å². The minimum Gasteiger partial charge on any atom is -0.323 e. The van der Waals surface area contributed by atoms with Crippen LogP contribution in [-0.2, 0) is 6.42 Å². The fraction of sp³-hybridized carbons (Fsp3) is 0.333. The van der Waals surface area contributed by atoms with Gasteiger partial charge < -0.3 is 5.73 Å². The Balaban J connectivity index is 1.95. The van der Waals surface area contributed by atoms with E-state index in [1.165, 1.54) is 19.8 Å². The lowest BCUT2D eigenvalue weighted by molar-refractivity contribution is 0.663. The van der Waals surface area contributed by atoms with E-state index in [9.17, 15) is 0 Å². The van der Waals surface area contributed by atoms with Gasteiger partial charge in [-0.3, -0.25) is 0 Å². The summed E-state index contributed by atoms with van der Waals surface area (Å²) in [7, 11) is 0. The Morgan fingerprint density at radius 2 is 2.31 bits per heavy atom. The van der Waals surface area contributed by atoms with E-state index in [1.807, 2.05) is 0 Å². The van der Waals surface area contributed by atoms with E-state index in [-0.39, 0.29) is 6.04 Å². The number of hydrogen-bond acceptors (Lipinski definition) is 3. The molecule has 0 aliphatic heterocycles. The first kappa shape index (κ1) is 12.3. The summed E-state index contributed by atoms with van der Waals surface area (Å²) in [5, 5.41) is 4.31. The van der Waals surface area contributed by atoms with Crippen molar-refractivity contribution in [1.82, 2.24) is 0 Å². The zero-order valence-electron chi connectivity index (χ0n) is 9.07. The molecule has 0 radical (unpaired) electrons. The highest BCUT2D eigenvalue weighted by atomic mass is 79.9. The van der Waals surface area contributed by atoms with Gasteiger partial charge in [-0.25, -0.2) is 0 Å². The van der Waals surface area contributed by atoms with Gasteiger partial charge in [0.2, 0.25) is 0 Å². The summed E-state index contributed by atoms with van der Waals surface area (Å²) in [6, 6.07) is 4.52. The first-order chi connectivity index (χ1) is 7.66. The molecule has 4 heteroatoms. The van der Waals surface area contributed by atoms with Gasteiger partial charge in [-0.05, 0) is 69.7 Å². The maximum atomic E-state index is 6.19. The van der Waals surface area contributed by atoms with Crippen LogP contribution in [0.5, 0.6) is 0 Å². The van der Waals surface area contributed by atoms with Gasteiger partial charge in [-0.2, -0.15) is 11.3 Å². The van der Waals surface area contributed by atoms with E-state index < -0.39 is 0 Å². The normalized spacial score (nSPS) is 12.9. The molecule has 0 spiro atoms. The third kappa shape index (κ3) is 2.94. The van der Waals surface area contributed by atoms with Crippen molar-refractivity contribution in [3.63, 3.8) is 0 Å².